The Labute approximate surface area is 160 Å². The van der Waals surface area contributed by atoms with Crippen molar-refractivity contribution in [2.24, 2.45) is 0 Å². The first-order valence-corrected chi connectivity index (χ1v) is 6.20. The van der Waals surface area contributed by atoms with Gasteiger partial charge in [-0.15, -0.1) is 0 Å². The molecule has 2 heterocycles. The van der Waals surface area contributed by atoms with Gasteiger partial charge in [-0.2, -0.15) is 0 Å². The SMILES string of the molecule is O=C([O-])c1cncc([O-])c1O[C@@H]1O[C@H](CO)[C@@H](O)[C@H](O)[C@H]1O.[Li+].[Li+]. The van der Waals surface area contributed by atoms with Crippen LogP contribution in [0.2, 0.25) is 0 Å². The van der Waals surface area contributed by atoms with Crippen LogP contribution >= 0.6 is 0 Å². The molecule has 2 rings (SSSR count). The van der Waals surface area contributed by atoms with Gasteiger partial charge in [0, 0.05) is 12.4 Å². The molecule has 122 valence electrons. The van der Waals surface area contributed by atoms with Crippen LogP contribution < -0.4 is 52.7 Å². The van der Waals surface area contributed by atoms with Gasteiger partial charge in [0.25, 0.3) is 0 Å². The van der Waals surface area contributed by atoms with E-state index in [2.05, 4.69) is 4.98 Å². The van der Waals surface area contributed by atoms with Gasteiger partial charge in [-0.05, 0) is 5.75 Å². The maximum absolute atomic E-state index is 11.6. The fourth-order valence-electron chi connectivity index (χ4n) is 1.98. The molecule has 0 aromatic carbocycles. The molecule has 0 radical (unpaired) electrons. The number of carbonyl (C=O) groups excluding carboxylic acids is 1. The van der Waals surface area contributed by atoms with E-state index in [4.69, 9.17) is 14.6 Å². The van der Waals surface area contributed by atoms with E-state index < -0.39 is 60.3 Å². The van der Waals surface area contributed by atoms with Crippen molar-refractivity contribution in [3.8, 4) is 11.5 Å². The smallest absolute Gasteiger partial charge is 0.869 e. The fourth-order valence-corrected chi connectivity index (χ4v) is 1.98. The van der Waals surface area contributed by atoms with E-state index in [1.807, 2.05) is 0 Å². The summed E-state index contributed by atoms with van der Waals surface area (Å²) in [5, 5.41) is 60.6. The summed E-state index contributed by atoms with van der Waals surface area (Å²) >= 11 is 0. The molecule has 5 atom stereocenters. The zero-order chi connectivity index (χ0) is 16.4. The molecule has 0 saturated carbocycles. The molecule has 1 aliphatic heterocycles. The van der Waals surface area contributed by atoms with E-state index >= 15 is 0 Å². The summed E-state index contributed by atoms with van der Waals surface area (Å²) < 4.78 is 10.0. The monoisotopic (exact) mass is 329 g/mol. The molecule has 4 N–H and O–H groups in total. The molecule has 1 aromatic rings. The summed E-state index contributed by atoms with van der Waals surface area (Å²) in [5.41, 5.74) is -0.663. The predicted octanol–water partition coefficient (Wildman–Crippen LogP) is -10.3. The van der Waals surface area contributed by atoms with Crippen LogP contribution in [0, 0.1) is 0 Å². The number of pyridine rings is 1. The minimum Gasteiger partial charge on any atom is -0.869 e. The van der Waals surface area contributed by atoms with E-state index in [-0.39, 0.29) is 37.7 Å². The number of carboxylic acids is 1. The van der Waals surface area contributed by atoms with E-state index in [0.717, 1.165) is 12.4 Å². The van der Waals surface area contributed by atoms with Gasteiger partial charge in [0.1, 0.15) is 30.2 Å². The zero-order valence-corrected chi connectivity index (χ0v) is 13.0. The number of ether oxygens (including phenoxy) is 2. The minimum atomic E-state index is -1.78. The van der Waals surface area contributed by atoms with Gasteiger partial charge in [0.2, 0.25) is 6.29 Å². The third kappa shape index (κ3) is 4.64. The summed E-state index contributed by atoms with van der Waals surface area (Å²) in [6, 6.07) is 0. The van der Waals surface area contributed by atoms with Crippen molar-refractivity contribution in [1.29, 1.82) is 0 Å². The molecule has 24 heavy (non-hydrogen) atoms. The molecule has 1 saturated heterocycles. The summed E-state index contributed by atoms with van der Waals surface area (Å²) in [6.07, 6.45) is -6.44. The number of aliphatic hydroxyl groups is 4. The van der Waals surface area contributed by atoms with Gasteiger partial charge in [-0.25, -0.2) is 0 Å². The molecule has 1 aromatic heterocycles. The molecule has 1 aliphatic rings. The van der Waals surface area contributed by atoms with Crippen molar-refractivity contribution in [3.05, 3.63) is 18.0 Å². The fraction of sp³-hybridized carbons (Fsp3) is 0.500. The molecular weight excluding hydrogens is 316 g/mol. The van der Waals surface area contributed by atoms with Crippen molar-refractivity contribution >= 4 is 5.97 Å². The predicted molar refractivity (Wildman–Crippen MR) is 62.4 cm³/mol. The van der Waals surface area contributed by atoms with Gasteiger partial charge in [0.05, 0.1) is 18.1 Å². The minimum absolute atomic E-state index is 0. The Kier molecular flexibility index (Phi) is 9.32. The van der Waals surface area contributed by atoms with Crippen molar-refractivity contribution in [3.63, 3.8) is 0 Å². The quantitative estimate of drug-likeness (QED) is 0.388. The number of aromatic carboxylic acids is 1. The third-order valence-corrected chi connectivity index (χ3v) is 3.17. The van der Waals surface area contributed by atoms with Crippen molar-refractivity contribution in [2.45, 2.75) is 30.7 Å². The summed E-state index contributed by atoms with van der Waals surface area (Å²) in [5.74, 6) is -3.33. The number of aromatic nitrogens is 1. The van der Waals surface area contributed by atoms with Crippen molar-refractivity contribution < 1.29 is 82.6 Å². The molecular formula is C12H13Li2NO9. The van der Waals surface area contributed by atoms with E-state index in [1.165, 1.54) is 0 Å². The maximum atomic E-state index is 11.6. The van der Waals surface area contributed by atoms with Crippen LogP contribution in [0.3, 0.4) is 0 Å². The Morgan fingerprint density at radius 3 is 2.38 bits per heavy atom. The average Bonchev–Trinajstić information content (AvgIpc) is 2.49. The number of carbonyl (C=O) groups is 1. The van der Waals surface area contributed by atoms with Gasteiger partial charge < -0.3 is 44.9 Å². The summed E-state index contributed by atoms with van der Waals surface area (Å²) in [4.78, 5) is 14.3. The molecule has 10 nitrogen and oxygen atoms in total. The Balaban J connectivity index is 0.00000264. The van der Waals surface area contributed by atoms with Crippen molar-refractivity contribution in [2.75, 3.05) is 6.61 Å². The van der Waals surface area contributed by atoms with Gasteiger partial charge in [-0.1, -0.05) is 0 Å². The Morgan fingerprint density at radius 2 is 1.83 bits per heavy atom. The third-order valence-electron chi connectivity index (χ3n) is 3.17. The van der Waals surface area contributed by atoms with Crippen LogP contribution in [-0.2, 0) is 4.74 Å². The van der Waals surface area contributed by atoms with E-state index in [1.54, 1.807) is 0 Å². The number of rotatable bonds is 4. The number of aliphatic hydroxyl groups excluding tert-OH is 4. The van der Waals surface area contributed by atoms with Crippen LogP contribution in [0.4, 0.5) is 0 Å². The molecule has 12 heteroatoms. The van der Waals surface area contributed by atoms with Gasteiger partial charge >= 0.3 is 37.7 Å². The van der Waals surface area contributed by atoms with Gasteiger partial charge in [0.15, 0.2) is 0 Å². The van der Waals surface area contributed by atoms with Crippen LogP contribution in [0.15, 0.2) is 12.4 Å². The van der Waals surface area contributed by atoms with E-state index in [0.29, 0.717) is 0 Å². The largest absolute Gasteiger partial charge is 1.00 e. The van der Waals surface area contributed by atoms with Crippen molar-refractivity contribution in [1.82, 2.24) is 4.98 Å². The van der Waals surface area contributed by atoms with Crippen LogP contribution in [0.25, 0.3) is 0 Å². The molecule has 0 aliphatic carbocycles. The Bertz CT molecular complexity index is 559. The normalized spacial score (nSPS) is 29.1. The second-order valence-electron chi connectivity index (χ2n) is 4.62. The number of hydrogen-bond donors (Lipinski definition) is 4. The van der Waals surface area contributed by atoms with Gasteiger partial charge in [-0.3, -0.25) is 4.98 Å². The summed E-state index contributed by atoms with van der Waals surface area (Å²) in [6.45, 7) is -0.696. The standard InChI is InChI=1S/C12H15NO9.2Li/c14-3-6-7(16)8(17)9(18)12(21-6)22-10-4(11(19)20)1-13-2-5(10)15;;/h1-2,6-9,12,14-18H,3H2,(H,19,20);;/q;2*+1/p-2/t6-,7-,8+,9-,12+;;/m1../s1. The zero-order valence-electron chi connectivity index (χ0n) is 13.0. The Morgan fingerprint density at radius 1 is 1.21 bits per heavy atom. The molecule has 0 unspecified atom stereocenters. The van der Waals surface area contributed by atoms with E-state index in [9.17, 15) is 30.3 Å². The molecule has 0 bridgehead atoms. The molecule has 0 spiro atoms. The first-order valence-electron chi connectivity index (χ1n) is 6.20. The topological polar surface area (TPSA) is 175 Å². The number of hydrogen-bond acceptors (Lipinski definition) is 10. The average molecular weight is 329 g/mol. The van der Waals surface area contributed by atoms with Crippen LogP contribution in [0.5, 0.6) is 11.5 Å². The molecule has 1 fully saturated rings. The molecule has 0 amide bonds. The first kappa shape index (κ1) is 23.2. The van der Waals surface area contributed by atoms with Crippen LogP contribution in [0.1, 0.15) is 10.4 Å². The Hall–Kier alpha value is -0.785. The second kappa shape index (κ2) is 9.63. The van der Waals surface area contributed by atoms with Crippen LogP contribution in [-0.4, -0.2) is 68.7 Å². The second-order valence-corrected chi connectivity index (χ2v) is 4.62. The summed E-state index contributed by atoms with van der Waals surface area (Å²) in [7, 11) is 0. The first-order chi connectivity index (χ1) is 10.4. The number of nitrogens with zero attached hydrogens (tertiary/aromatic N) is 1. The number of carboxylic acid groups (broad SMARTS) is 1. The maximum Gasteiger partial charge on any atom is 1.00 e.